The van der Waals surface area contributed by atoms with Gasteiger partial charge in [-0.3, -0.25) is 19.1 Å². The average molecular weight is 508 g/mol. The molecule has 10 nitrogen and oxygen atoms in total. The molecule has 3 aromatic rings. The van der Waals surface area contributed by atoms with Gasteiger partial charge in [0.15, 0.2) is 0 Å². The zero-order chi connectivity index (χ0) is 26.3. The van der Waals surface area contributed by atoms with Crippen molar-refractivity contribution >= 4 is 28.4 Å². The minimum Gasteiger partial charge on any atom is -0.496 e. The number of ether oxygens (including phenoxy) is 1. The van der Waals surface area contributed by atoms with E-state index in [9.17, 15) is 19.5 Å². The van der Waals surface area contributed by atoms with Crippen LogP contribution in [0.4, 0.5) is 5.69 Å². The largest absolute Gasteiger partial charge is 0.496 e. The lowest BCUT2D eigenvalue weighted by molar-refractivity contribution is -0.140. The van der Waals surface area contributed by atoms with Crippen molar-refractivity contribution in [2.75, 3.05) is 19.5 Å². The molecule has 1 atom stereocenters. The monoisotopic (exact) mass is 507 g/mol. The third-order valence-electron chi connectivity index (χ3n) is 7.54. The summed E-state index contributed by atoms with van der Waals surface area (Å²) < 4.78 is 9.11. The fourth-order valence-corrected chi connectivity index (χ4v) is 5.22. The number of aliphatic hydroxyl groups is 1. The van der Waals surface area contributed by atoms with Crippen LogP contribution in [0.1, 0.15) is 67.9 Å². The average Bonchev–Trinajstić information content (AvgIpc) is 3.66. The lowest BCUT2D eigenvalue weighted by atomic mass is 9.90. The minimum atomic E-state index is -0.998. The first kappa shape index (κ1) is 25.0. The van der Waals surface area contributed by atoms with E-state index in [1.807, 2.05) is 10.9 Å². The summed E-state index contributed by atoms with van der Waals surface area (Å²) in [5, 5.41) is 17.9. The third kappa shape index (κ3) is 4.98. The molecular formula is C27H33N5O5. The number of aliphatic hydroxyl groups excluding tert-OH is 1. The van der Waals surface area contributed by atoms with Gasteiger partial charge in [-0.2, -0.15) is 5.10 Å². The van der Waals surface area contributed by atoms with Crippen LogP contribution in [0.15, 0.2) is 41.5 Å². The number of pyridine rings is 1. The van der Waals surface area contributed by atoms with E-state index in [-0.39, 0.29) is 35.3 Å². The fourth-order valence-electron chi connectivity index (χ4n) is 5.22. The van der Waals surface area contributed by atoms with Crippen LogP contribution in [0, 0.1) is 0 Å². The molecule has 2 heterocycles. The van der Waals surface area contributed by atoms with Crippen LogP contribution in [0.3, 0.4) is 0 Å². The number of hydrogen-bond acceptors (Lipinski definition) is 6. The van der Waals surface area contributed by atoms with Crippen LogP contribution in [0.25, 0.3) is 10.9 Å². The van der Waals surface area contributed by atoms with Gasteiger partial charge in [0.1, 0.15) is 17.5 Å². The van der Waals surface area contributed by atoms with Gasteiger partial charge in [0.25, 0.3) is 17.4 Å². The number of carbonyl (C=O) groups is 2. The highest BCUT2D eigenvalue weighted by atomic mass is 16.5. The zero-order valence-electron chi connectivity index (χ0n) is 21.4. The predicted octanol–water partition coefficient (Wildman–Crippen LogP) is 3.12. The Labute approximate surface area is 214 Å². The fraction of sp³-hybridized carbons (Fsp3) is 0.481. The number of amides is 2. The number of nitrogens with one attached hydrogen (secondary N) is 1. The Morgan fingerprint density at radius 1 is 1.16 bits per heavy atom. The van der Waals surface area contributed by atoms with E-state index in [2.05, 4.69) is 5.32 Å². The number of anilines is 1. The van der Waals surface area contributed by atoms with Crippen LogP contribution in [-0.4, -0.2) is 62.5 Å². The predicted molar refractivity (Wildman–Crippen MR) is 139 cm³/mol. The highest BCUT2D eigenvalue weighted by Gasteiger charge is 2.30. The van der Waals surface area contributed by atoms with Gasteiger partial charge in [-0.05, 0) is 63.6 Å². The maximum absolute atomic E-state index is 13.2. The number of nitrogens with zero attached hydrogens (tertiary/aromatic N) is 4. The third-order valence-corrected chi connectivity index (χ3v) is 7.54. The summed E-state index contributed by atoms with van der Waals surface area (Å²) in [5.41, 5.74) is 1.08. The summed E-state index contributed by atoms with van der Waals surface area (Å²) in [6, 6.07) is 7.37. The molecule has 2 amide bonds. The molecule has 2 aliphatic rings. The summed E-state index contributed by atoms with van der Waals surface area (Å²) >= 11 is 0. The van der Waals surface area contributed by atoms with Crippen LogP contribution >= 0.6 is 0 Å². The van der Waals surface area contributed by atoms with Gasteiger partial charge in [0.2, 0.25) is 0 Å². The lowest BCUT2D eigenvalue weighted by Gasteiger charge is -2.35. The highest BCUT2D eigenvalue weighted by molar-refractivity contribution is 6.08. The Bertz CT molecular complexity index is 1380. The number of rotatable bonds is 7. The molecule has 2 fully saturated rings. The standard InChI is InChI=1S/C27H33N5O5/c1-16(33)26(35)30(2)18-6-10-20(11-7-18)32-15-17-13-21(24(37-3)14-23(17)29-32)25(34)28-22-5-4-12-31(27(22)36)19-8-9-19/h4-5,12-16,18-20,33H,6-11H2,1-3H3,(H,28,34)/t16-,18?,20?/m1/s1. The first-order valence-corrected chi connectivity index (χ1v) is 12.8. The van der Waals surface area contributed by atoms with Gasteiger partial charge in [-0.1, -0.05) is 0 Å². The molecule has 0 radical (unpaired) electrons. The lowest BCUT2D eigenvalue weighted by Crippen LogP contribution is -2.43. The maximum atomic E-state index is 13.2. The number of aromatic nitrogens is 3. The van der Waals surface area contributed by atoms with Gasteiger partial charge in [-0.15, -0.1) is 0 Å². The molecule has 5 rings (SSSR count). The second-order valence-electron chi connectivity index (χ2n) is 10.1. The topological polar surface area (TPSA) is 119 Å². The van der Waals surface area contributed by atoms with Crippen LogP contribution < -0.4 is 15.6 Å². The minimum absolute atomic E-state index is 0.0983. The Morgan fingerprint density at radius 2 is 1.86 bits per heavy atom. The Morgan fingerprint density at radius 3 is 2.51 bits per heavy atom. The molecule has 2 saturated carbocycles. The molecular weight excluding hydrogens is 474 g/mol. The van der Waals surface area contributed by atoms with Crippen LogP contribution in [-0.2, 0) is 4.79 Å². The summed E-state index contributed by atoms with van der Waals surface area (Å²) in [4.78, 5) is 39.7. The van der Waals surface area contributed by atoms with Crippen molar-refractivity contribution in [3.8, 4) is 5.75 Å². The maximum Gasteiger partial charge on any atom is 0.274 e. The van der Waals surface area contributed by atoms with E-state index in [4.69, 9.17) is 9.84 Å². The normalized spacial score (nSPS) is 20.4. The number of benzene rings is 1. The molecule has 2 aliphatic carbocycles. The van der Waals surface area contributed by atoms with E-state index in [1.165, 1.54) is 14.0 Å². The van der Waals surface area contributed by atoms with Crippen LogP contribution in [0.2, 0.25) is 0 Å². The van der Waals surface area contributed by atoms with Gasteiger partial charge in [0, 0.05) is 43.0 Å². The first-order valence-electron chi connectivity index (χ1n) is 12.8. The number of hydrogen-bond donors (Lipinski definition) is 2. The van der Waals surface area contributed by atoms with Crippen molar-refractivity contribution < 1.29 is 19.4 Å². The number of fused-ring (bicyclic) bond motifs is 1. The first-order chi connectivity index (χ1) is 17.8. The highest BCUT2D eigenvalue weighted by Crippen LogP contribution is 2.34. The van der Waals surface area contributed by atoms with Crippen molar-refractivity contribution in [1.29, 1.82) is 0 Å². The molecule has 10 heteroatoms. The summed E-state index contributed by atoms with van der Waals surface area (Å²) in [7, 11) is 3.25. The molecule has 2 aromatic heterocycles. The molecule has 0 bridgehead atoms. The summed E-state index contributed by atoms with van der Waals surface area (Å²) in [5.74, 6) is -0.285. The molecule has 1 aromatic carbocycles. The van der Waals surface area contributed by atoms with E-state index in [0.29, 0.717) is 16.8 Å². The molecule has 196 valence electrons. The van der Waals surface area contributed by atoms with Crippen molar-refractivity contribution in [3.63, 3.8) is 0 Å². The van der Waals surface area contributed by atoms with E-state index in [1.54, 1.807) is 47.0 Å². The van der Waals surface area contributed by atoms with Crippen molar-refractivity contribution in [2.45, 2.75) is 69.7 Å². The molecule has 2 N–H and O–H groups in total. The van der Waals surface area contributed by atoms with Gasteiger partial charge in [-0.25, -0.2) is 0 Å². The van der Waals surface area contributed by atoms with Crippen molar-refractivity contribution in [3.05, 3.63) is 52.6 Å². The second-order valence-corrected chi connectivity index (χ2v) is 10.1. The summed E-state index contributed by atoms with van der Waals surface area (Å²) in [6.07, 6.45) is 7.99. The van der Waals surface area contributed by atoms with Gasteiger partial charge < -0.3 is 24.6 Å². The number of methoxy groups -OCH3 is 1. The molecule has 37 heavy (non-hydrogen) atoms. The Hall–Kier alpha value is -3.66. The quantitative estimate of drug-likeness (QED) is 0.507. The summed E-state index contributed by atoms with van der Waals surface area (Å²) in [6.45, 7) is 1.49. The molecule has 0 spiro atoms. The van der Waals surface area contributed by atoms with E-state index < -0.39 is 12.0 Å². The van der Waals surface area contributed by atoms with Crippen molar-refractivity contribution in [2.24, 2.45) is 0 Å². The SMILES string of the molecule is COc1cc2nn(C3CCC(N(C)C(=O)[C@@H](C)O)CC3)cc2cc1C(=O)Nc1cccn(C2CC2)c1=O. The van der Waals surface area contributed by atoms with Gasteiger partial charge in [0.05, 0.1) is 24.2 Å². The van der Waals surface area contributed by atoms with E-state index >= 15 is 0 Å². The van der Waals surface area contributed by atoms with E-state index in [0.717, 1.165) is 43.9 Å². The Balaban J connectivity index is 1.33. The zero-order valence-corrected chi connectivity index (χ0v) is 21.4. The molecule has 0 aliphatic heterocycles. The smallest absolute Gasteiger partial charge is 0.274 e. The Kier molecular flexibility index (Phi) is 6.76. The molecule has 0 unspecified atom stereocenters. The van der Waals surface area contributed by atoms with Gasteiger partial charge >= 0.3 is 0 Å². The number of likely N-dealkylation sites (N-methyl/N-ethyl adjacent to an activating group) is 1. The number of carbonyl (C=O) groups excluding carboxylic acids is 2. The van der Waals surface area contributed by atoms with Crippen LogP contribution in [0.5, 0.6) is 5.75 Å². The molecule has 0 saturated heterocycles. The second kappa shape index (κ2) is 10.0. The van der Waals surface area contributed by atoms with Crippen molar-refractivity contribution in [1.82, 2.24) is 19.2 Å².